The quantitative estimate of drug-likeness (QED) is 0.843. The Labute approximate surface area is 145 Å². The lowest BCUT2D eigenvalue weighted by Gasteiger charge is -2.13. The molecular formula is C18H19ClN2O3. The lowest BCUT2D eigenvalue weighted by molar-refractivity contribution is 0.0787. The Hall–Kier alpha value is -2.27. The Kier molecular flexibility index (Phi) is 4.90. The summed E-state index contributed by atoms with van der Waals surface area (Å²) in [6.45, 7) is 3.35. The molecule has 0 bridgehead atoms. The highest BCUT2D eigenvalue weighted by Crippen LogP contribution is 2.25. The molecule has 6 heteroatoms. The van der Waals surface area contributed by atoms with Crippen molar-refractivity contribution in [3.63, 3.8) is 0 Å². The summed E-state index contributed by atoms with van der Waals surface area (Å²) in [5.74, 6) is 0.215. The minimum absolute atomic E-state index is 0.0609. The van der Waals surface area contributed by atoms with E-state index in [0.29, 0.717) is 22.0 Å². The molecule has 2 aromatic rings. The molecule has 0 atom stereocenters. The lowest BCUT2D eigenvalue weighted by atomic mass is 10.2. The molecule has 3 rings (SSSR count). The van der Waals surface area contributed by atoms with Crippen LogP contribution in [0.25, 0.3) is 0 Å². The molecule has 1 aliphatic rings. The van der Waals surface area contributed by atoms with E-state index in [2.05, 4.69) is 4.98 Å². The van der Waals surface area contributed by atoms with Crippen LogP contribution in [0.15, 0.2) is 30.5 Å². The van der Waals surface area contributed by atoms with Crippen molar-refractivity contribution >= 4 is 23.3 Å². The molecule has 1 amide bonds. The Morgan fingerprint density at radius 3 is 2.75 bits per heavy atom. The minimum atomic E-state index is -0.204. The highest BCUT2D eigenvalue weighted by Gasteiger charge is 2.21. The third kappa shape index (κ3) is 3.62. The maximum absolute atomic E-state index is 12.3. The monoisotopic (exact) mass is 346 g/mol. The molecule has 126 valence electrons. The van der Waals surface area contributed by atoms with Gasteiger partial charge in [-0.15, -0.1) is 0 Å². The average Bonchev–Trinajstić information content (AvgIpc) is 3.26. The molecule has 0 saturated carbocycles. The third-order valence-corrected chi connectivity index (χ3v) is 4.39. The Morgan fingerprint density at radius 2 is 2.00 bits per heavy atom. The summed E-state index contributed by atoms with van der Waals surface area (Å²) in [5.41, 5.74) is 1.87. The number of rotatable bonds is 5. The minimum Gasteiger partial charge on any atom is -0.484 e. The zero-order chi connectivity index (χ0) is 17.1. The number of halogens is 1. The largest absolute Gasteiger partial charge is 0.484 e. The second-order valence-electron chi connectivity index (χ2n) is 5.95. The number of hydrogen-bond donors (Lipinski definition) is 1. The van der Waals surface area contributed by atoms with Gasteiger partial charge in [0.2, 0.25) is 5.78 Å². The van der Waals surface area contributed by atoms with Crippen LogP contribution >= 0.6 is 11.6 Å². The number of aromatic nitrogens is 1. The molecule has 0 spiro atoms. The number of likely N-dealkylation sites (tertiary alicyclic amines) is 1. The summed E-state index contributed by atoms with van der Waals surface area (Å²) >= 11 is 6.05. The summed E-state index contributed by atoms with van der Waals surface area (Å²) in [7, 11) is 0. The number of ketones is 1. The SMILES string of the molecule is Cc1ccc(Cl)c(OCC(=O)c2c[nH]c(C(=O)N3CCCC3)c2)c1. The maximum atomic E-state index is 12.3. The fourth-order valence-corrected chi connectivity index (χ4v) is 2.89. The van der Waals surface area contributed by atoms with Gasteiger partial charge >= 0.3 is 0 Å². The van der Waals surface area contributed by atoms with Gasteiger partial charge in [0.05, 0.1) is 5.02 Å². The molecule has 1 N–H and O–H groups in total. The van der Waals surface area contributed by atoms with Crippen molar-refractivity contribution in [1.82, 2.24) is 9.88 Å². The van der Waals surface area contributed by atoms with E-state index in [4.69, 9.17) is 16.3 Å². The van der Waals surface area contributed by atoms with Crippen LogP contribution in [-0.2, 0) is 0 Å². The number of amides is 1. The van der Waals surface area contributed by atoms with Gasteiger partial charge in [-0.05, 0) is 43.5 Å². The molecule has 1 saturated heterocycles. The van der Waals surface area contributed by atoms with Gasteiger partial charge in [0, 0.05) is 24.8 Å². The van der Waals surface area contributed by atoms with Gasteiger partial charge in [0.15, 0.2) is 6.61 Å². The van der Waals surface area contributed by atoms with Gasteiger partial charge in [-0.2, -0.15) is 0 Å². The summed E-state index contributed by atoms with van der Waals surface area (Å²) < 4.78 is 5.51. The molecule has 1 aliphatic heterocycles. The molecule has 0 unspecified atom stereocenters. The van der Waals surface area contributed by atoms with Crippen LogP contribution in [0.1, 0.15) is 39.3 Å². The van der Waals surface area contributed by atoms with E-state index >= 15 is 0 Å². The van der Waals surface area contributed by atoms with Gasteiger partial charge in [-0.25, -0.2) is 0 Å². The van der Waals surface area contributed by atoms with Gasteiger partial charge in [0.25, 0.3) is 5.91 Å². The van der Waals surface area contributed by atoms with E-state index in [1.54, 1.807) is 29.3 Å². The van der Waals surface area contributed by atoms with E-state index < -0.39 is 0 Å². The van der Waals surface area contributed by atoms with Gasteiger partial charge in [-0.3, -0.25) is 9.59 Å². The molecular weight excluding hydrogens is 328 g/mol. The molecule has 0 radical (unpaired) electrons. The van der Waals surface area contributed by atoms with E-state index in [-0.39, 0.29) is 18.3 Å². The highest BCUT2D eigenvalue weighted by atomic mass is 35.5. The first-order valence-corrected chi connectivity index (χ1v) is 8.32. The molecule has 1 fully saturated rings. The number of nitrogens with zero attached hydrogens (tertiary/aromatic N) is 1. The standard InChI is InChI=1S/C18H19ClN2O3/c1-12-4-5-14(19)17(8-12)24-11-16(22)13-9-15(20-10-13)18(23)21-6-2-3-7-21/h4-5,8-10,20H,2-3,6-7,11H2,1H3. The van der Waals surface area contributed by atoms with E-state index in [0.717, 1.165) is 31.5 Å². The predicted molar refractivity (Wildman–Crippen MR) is 91.9 cm³/mol. The molecule has 0 aliphatic carbocycles. The molecule has 5 nitrogen and oxygen atoms in total. The topological polar surface area (TPSA) is 62.4 Å². The van der Waals surface area contributed by atoms with Gasteiger partial charge in [-0.1, -0.05) is 17.7 Å². The Balaban J connectivity index is 1.63. The summed E-state index contributed by atoms with van der Waals surface area (Å²) in [5, 5.41) is 0.465. The molecule has 1 aromatic heterocycles. The Morgan fingerprint density at radius 1 is 1.25 bits per heavy atom. The number of hydrogen-bond acceptors (Lipinski definition) is 3. The number of benzene rings is 1. The number of aryl methyl sites for hydroxylation is 1. The third-order valence-electron chi connectivity index (χ3n) is 4.07. The zero-order valence-corrected chi connectivity index (χ0v) is 14.2. The van der Waals surface area contributed by atoms with E-state index in [9.17, 15) is 9.59 Å². The fraction of sp³-hybridized carbons (Fsp3) is 0.333. The van der Waals surface area contributed by atoms with Crippen LogP contribution in [0.4, 0.5) is 0 Å². The van der Waals surface area contributed by atoms with E-state index in [1.807, 2.05) is 13.0 Å². The van der Waals surface area contributed by atoms with Crippen LogP contribution in [0.5, 0.6) is 5.75 Å². The van der Waals surface area contributed by atoms with Crippen molar-refractivity contribution in [2.75, 3.05) is 19.7 Å². The number of H-pyrrole nitrogens is 1. The van der Waals surface area contributed by atoms with Crippen LogP contribution in [0, 0.1) is 6.92 Å². The fourth-order valence-electron chi connectivity index (χ4n) is 2.72. The number of Topliss-reactive ketones (excluding diaryl/α,β-unsaturated/α-hetero) is 1. The summed E-state index contributed by atoms with van der Waals surface area (Å²) in [4.78, 5) is 29.2. The zero-order valence-electron chi connectivity index (χ0n) is 13.5. The summed E-state index contributed by atoms with van der Waals surface area (Å²) in [6, 6.07) is 6.98. The van der Waals surface area contributed by atoms with Crippen molar-refractivity contribution in [2.24, 2.45) is 0 Å². The van der Waals surface area contributed by atoms with Gasteiger partial charge < -0.3 is 14.6 Å². The second kappa shape index (κ2) is 7.09. The van der Waals surface area contributed by atoms with E-state index in [1.165, 1.54) is 0 Å². The second-order valence-corrected chi connectivity index (χ2v) is 6.35. The van der Waals surface area contributed by atoms with Crippen LogP contribution in [-0.4, -0.2) is 41.3 Å². The average molecular weight is 347 g/mol. The number of carbonyl (C=O) groups excluding carboxylic acids is 2. The normalized spacial score (nSPS) is 14.0. The van der Waals surface area contributed by atoms with Crippen LogP contribution in [0.2, 0.25) is 5.02 Å². The van der Waals surface area contributed by atoms with Crippen LogP contribution < -0.4 is 4.74 Å². The van der Waals surface area contributed by atoms with Crippen molar-refractivity contribution in [2.45, 2.75) is 19.8 Å². The van der Waals surface area contributed by atoms with Gasteiger partial charge in [0.1, 0.15) is 11.4 Å². The highest BCUT2D eigenvalue weighted by molar-refractivity contribution is 6.32. The molecule has 1 aromatic carbocycles. The first-order valence-electron chi connectivity index (χ1n) is 7.94. The lowest BCUT2D eigenvalue weighted by Crippen LogP contribution is -2.27. The number of carbonyl (C=O) groups is 2. The first kappa shape index (κ1) is 16.6. The first-order chi connectivity index (χ1) is 11.5. The number of ether oxygens (including phenoxy) is 1. The van der Waals surface area contributed by atoms with Crippen molar-refractivity contribution in [3.8, 4) is 5.75 Å². The van der Waals surface area contributed by atoms with Crippen molar-refractivity contribution in [1.29, 1.82) is 0 Å². The maximum Gasteiger partial charge on any atom is 0.270 e. The van der Waals surface area contributed by atoms with Crippen molar-refractivity contribution in [3.05, 3.63) is 52.3 Å². The Bertz CT molecular complexity index is 763. The molecule has 2 heterocycles. The molecule has 24 heavy (non-hydrogen) atoms. The summed E-state index contributed by atoms with van der Waals surface area (Å²) in [6.07, 6.45) is 3.61. The smallest absolute Gasteiger partial charge is 0.270 e. The number of nitrogens with one attached hydrogen (secondary N) is 1. The number of aromatic amines is 1. The van der Waals surface area contributed by atoms with Crippen molar-refractivity contribution < 1.29 is 14.3 Å². The van der Waals surface area contributed by atoms with Crippen LogP contribution in [0.3, 0.4) is 0 Å². The predicted octanol–water partition coefficient (Wildman–Crippen LogP) is 3.47.